The summed E-state index contributed by atoms with van der Waals surface area (Å²) in [4.78, 5) is 12.4. The number of carbonyl (C=O) groups is 1. The third-order valence-corrected chi connectivity index (χ3v) is 5.15. The molecule has 7 nitrogen and oxygen atoms in total. The van der Waals surface area contributed by atoms with E-state index in [4.69, 9.17) is 22.2 Å². The second-order valence-electron chi connectivity index (χ2n) is 5.78. The number of benzene rings is 2. The summed E-state index contributed by atoms with van der Waals surface area (Å²) in [6.07, 6.45) is 0. The molecule has 0 bridgehead atoms. The van der Waals surface area contributed by atoms with Crippen molar-refractivity contribution in [2.45, 2.75) is 17.3 Å². The Morgan fingerprint density at radius 3 is 2.64 bits per heavy atom. The molecule has 0 saturated heterocycles. The first-order valence-corrected chi connectivity index (χ1v) is 9.42. The maximum Gasteiger partial charge on any atom is 0.237 e. The Labute approximate surface area is 170 Å². The summed E-state index contributed by atoms with van der Waals surface area (Å²) < 4.78 is 20.3. The monoisotopic (exact) mass is 421 g/mol. The molecule has 1 atom stereocenters. The van der Waals surface area contributed by atoms with E-state index in [0.717, 1.165) is 23.4 Å². The zero-order valence-electron chi connectivity index (χ0n) is 15.0. The number of aromatic nitrogens is 3. The fraction of sp³-hybridized carbons (Fsp3) is 0.167. The lowest BCUT2D eigenvalue weighted by atomic mass is 10.2. The van der Waals surface area contributed by atoms with E-state index in [-0.39, 0.29) is 10.7 Å². The normalized spacial score (nSPS) is 11.9. The average Bonchev–Trinajstić information content (AvgIpc) is 3.04. The number of nitrogens with zero attached hydrogens (tertiary/aromatic N) is 3. The van der Waals surface area contributed by atoms with Crippen LogP contribution in [0.2, 0.25) is 5.02 Å². The second kappa shape index (κ2) is 8.49. The molecule has 0 radical (unpaired) electrons. The van der Waals surface area contributed by atoms with Crippen LogP contribution in [-0.4, -0.2) is 33.1 Å². The van der Waals surface area contributed by atoms with Crippen LogP contribution < -0.4 is 15.9 Å². The number of methoxy groups -OCH3 is 1. The van der Waals surface area contributed by atoms with Gasteiger partial charge in [-0.3, -0.25) is 4.79 Å². The molecule has 0 aliphatic rings. The quantitative estimate of drug-likeness (QED) is 0.466. The summed E-state index contributed by atoms with van der Waals surface area (Å²) in [7, 11) is 1.58. The SMILES string of the molecule is COc1ccc(-c2nnc(SC(C)C(=O)Nc3ccc(Cl)cc3F)n2N)cc1. The third kappa shape index (κ3) is 4.37. The molecule has 146 valence electrons. The van der Waals surface area contributed by atoms with Gasteiger partial charge in [0.15, 0.2) is 5.82 Å². The molecule has 0 saturated carbocycles. The van der Waals surface area contributed by atoms with Gasteiger partial charge in [0.25, 0.3) is 0 Å². The molecule has 10 heteroatoms. The van der Waals surface area contributed by atoms with Gasteiger partial charge in [-0.25, -0.2) is 9.07 Å². The minimum Gasteiger partial charge on any atom is -0.497 e. The van der Waals surface area contributed by atoms with E-state index < -0.39 is 17.0 Å². The van der Waals surface area contributed by atoms with E-state index in [1.54, 1.807) is 38.3 Å². The minimum absolute atomic E-state index is 0.0509. The van der Waals surface area contributed by atoms with Crippen LogP contribution in [0.25, 0.3) is 11.4 Å². The number of hydrogen-bond donors (Lipinski definition) is 2. The first-order chi connectivity index (χ1) is 13.4. The molecule has 0 spiro atoms. The number of rotatable bonds is 6. The number of anilines is 1. The highest BCUT2D eigenvalue weighted by molar-refractivity contribution is 8.00. The first-order valence-electron chi connectivity index (χ1n) is 8.16. The molecular weight excluding hydrogens is 405 g/mol. The largest absolute Gasteiger partial charge is 0.497 e. The summed E-state index contributed by atoms with van der Waals surface area (Å²) in [6, 6.07) is 11.2. The van der Waals surface area contributed by atoms with Crippen molar-refractivity contribution in [3.05, 3.63) is 53.3 Å². The molecule has 1 aromatic heterocycles. The van der Waals surface area contributed by atoms with Crippen LogP contribution in [0.4, 0.5) is 10.1 Å². The van der Waals surface area contributed by atoms with Gasteiger partial charge < -0.3 is 15.9 Å². The zero-order valence-corrected chi connectivity index (χ0v) is 16.6. The van der Waals surface area contributed by atoms with E-state index in [1.807, 2.05) is 0 Å². The van der Waals surface area contributed by atoms with Crippen molar-refractivity contribution in [1.82, 2.24) is 14.9 Å². The van der Waals surface area contributed by atoms with Crippen LogP contribution in [0, 0.1) is 5.82 Å². The Bertz CT molecular complexity index is 996. The Morgan fingerprint density at radius 2 is 2.00 bits per heavy atom. The Hall–Kier alpha value is -2.78. The van der Waals surface area contributed by atoms with E-state index in [2.05, 4.69) is 15.5 Å². The molecule has 1 amide bonds. The molecule has 28 heavy (non-hydrogen) atoms. The number of nitrogens with one attached hydrogen (secondary N) is 1. The number of thioether (sulfide) groups is 1. The molecule has 1 unspecified atom stereocenters. The fourth-order valence-corrected chi connectivity index (χ4v) is 3.26. The number of halogens is 2. The van der Waals surface area contributed by atoms with Crippen molar-refractivity contribution < 1.29 is 13.9 Å². The first kappa shape index (κ1) is 20.0. The number of nitrogen functional groups attached to an aromatic ring is 1. The Morgan fingerprint density at radius 1 is 1.29 bits per heavy atom. The maximum atomic E-state index is 13.8. The highest BCUT2D eigenvalue weighted by Crippen LogP contribution is 2.27. The van der Waals surface area contributed by atoms with Crippen LogP contribution in [0.5, 0.6) is 5.75 Å². The van der Waals surface area contributed by atoms with E-state index in [9.17, 15) is 9.18 Å². The van der Waals surface area contributed by atoms with Gasteiger partial charge in [0.05, 0.1) is 18.0 Å². The summed E-state index contributed by atoms with van der Waals surface area (Å²) in [6.45, 7) is 1.66. The standard InChI is InChI=1S/C18H17ClFN5O2S/c1-10(17(26)22-15-8-5-12(19)9-14(15)20)28-18-24-23-16(25(18)21)11-3-6-13(27-2)7-4-11/h3-10H,21H2,1-2H3,(H,22,26). The Kier molecular flexibility index (Phi) is 6.05. The highest BCUT2D eigenvalue weighted by atomic mass is 35.5. The minimum atomic E-state index is -0.609. The summed E-state index contributed by atoms with van der Waals surface area (Å²) in [5, 5.41) is 10.7. The van der Waals surface area contributed by atoms with Crippen molar-refractivity contribution in [2.75, 3.05) is 18.3 Å². The van der Waals surface area contributed by atoms with E-state index in [1.165, 1.54) is 16.8 Å². The highest BCUT2D eigenvalue weighted by Gasteiger charge is 2.21. The molecular formula is C18H17ClFN5O2S. The number of nitrogens with two attached hydrogens (primary N) is 1. The average molecular weight is 422 g/mol. The van der Waals surface area contributed by atoms with Gasteiger partial charge in [0, 0.05) is 10.6 Å². The lowest BCUT2D eigenvalue weighted by Crippen LogP contribution is -2.24. The summed E-state index contributed by atoms with van der Waals surface area (Å²) >= 11 is 6.82. The van der Waals surface area contributed by atoms with Crippen molar-refractivity contribution in [3.63, 3.8) is 0 Å². The summed E-state index contributed by atoms with van der Waals surface area (Å²) in [5.74, 6) is 6.22. The van der Waals surface area contributed by atoms with Crippen molar-refractivity contribution in [2.24, 2.45) is 0 Å². The van der Waals surface area contributed by atoms with Gasteiger partial charge >= 0.3 is 0 Å². The lowest BCUT2D eigenvalue weighted by molar-refractivity contribution is -0.115. The van der Waals surface area contributed by atoms with Gasteiger partial charge in [-0.2, -0.15) is 0 Å². The molecule has 0 aliphatic carbocycles. The second-order valence-corrected chi connectivity index (χ2v) is 7.52. The lowest BCUT2D eigenvalue weighted by Gasteiger charge is -2.12. The molecule has 0 aliphatic heterocycles. The number of amides is 1. The molecule has 3 aromatic rings. The van der Waals surface area contributed by atoms with Crippen LogP contribution in [0.15, 0.2) is 47.6 Å². The Balaban J connectivity index is 1.70. The van der Waals surface area contributed by atoms with Crippen LogP contribution in [-0.2, 0) is 4.79 Å². The number of ether oxygens (including phenoxy) is 1. The zero-order chi connectivity index (χ0) is 20.3. The van der Waals surface area contributed by atoms with E-state index >= 15 is 0 Å². The topological polar surface area (TPSA) is 95.1 Å². The molecule has 2 aromatic carbocycles. The summed E-state index contributed by atoms with van der Waals surface area (Å²) in [5.41, 5.74) is 0.804. The maximum absolute atomic E-state index is 13.8. The molecule has 3 N–H and O–H groups in total. The molecule has 0 fully saturated rings. The van der Waals surface area contributed by atoms with Crippen molar-refractivity contribution >= 4 is 35.0 Å². The van der Waals surface area contributed by atoms with Gasteiger partial charge in [-0.1, -0.05) is 23.4 Å². The van der Waals surface area contributed by atoms with Gasteiger partial charge in [0.2, 0.25) is 11.1 Å². The van der Waals surface area contributed by atoms with Crippen molar-refractivity contribution in [1.29, 1.82) is 0 Å². The predicted octanol–water partition coefficient (Wildman–Crippen LogP) is 3.58. The van der Waals surface area contributed by atoms with Crippen LogP contribution in [0.1, 0.15) is 6.92 Å². The smallest absolute Gasteiger partial charge is 0.237 e. The van der Waals surface area contributed by atoms with Gasteiger partial charge in [-0.05, 0) is 49.4 Å². The van der Waals surface area contributed by atoms with Crippen molar-refractivity contribution in [3.8, 4) is 17.1 Å². The van der Waals surface area contributed by atoms with Gasteiger partial charge in [0.1, 0.15) is 11.6 Å². The number of carbonyl (C=O) groups excluding carboxylic acids is 1. The third-order valence-electron chi connectivity index (χ3n) is 3.85. The van der Waals surface area contributed by atoms with E-state index in [0.29, 0.717) is 16.7 Å². The fourth-order valence-electron chi connectivity index (χ4n) is 2.33. The van der Waals surface area contributed by atoms with Gasteiger partial charge in [-0.15, -0.1) is 10.2 Å². The van der Waals surface area contributed by atoms with Crippen LogP contribution in [0.3, 0.4) is 0 Å². The van der Waals surface area contributed by atoms with Crippen LogP contribution >= 0.6 is 23.4 Å². The predicted molar refractivity (Wildman–Crippen MR) is 108 cm³/mol. The molecule has 1 heterocycles. The molecule has 3 rings (SSSR count). The number of hydrogen-bond acceptors (Lipinski definition) is 6.